The molecule has 1 nitrogen and oxygen atoms in total. The van der Waals surface area contributed by atoms with Gasteiger partial charge in [-0.3, -0.25) is 5.32 Å². The molecule has 0 unspecified atom stereocenters. The highest BCUT2D eigenvalue weighted by atomic mass is 19.4. The van der Waals surface area contributed by atoms with Gasteiger partial charge in [-0.15, -0.1) is 0 Å². The van der Waals surface area contributed by atoms with Gasteiger partial charge in [0, 0.05) is 6.04 Å². The summed E-state index contributed by atoms with van der Waals surface area (Å²) in [6.07, 6.45) is -3.70. The molecule has 2 atom stereocenters. The maximum Gasteiger partial charge on any atom is 0.403 e. The molecule has 5 heteroatoms. The summed E-state index contributed by atoms with van der Waals surface area (Å²) >= 11 is 0. The SMILES string of the molecule is Fc1ccc([C@@H]2CC[C@H](C(F)(F)F)N2)cc1. The second-order valence-corrected chi connectivity index (χ2v) is 3.94. The summed E-state index contributed by atoms with van der Waals surface area (Å²) in [5.74, 6) is -0.380. The lowest BCUT2D eigenvalue weighted by Crippen LogP contribution is -2.38. The molecule has 1 fully saturated rings. The van der Waals surface area contributed by atoms with Crippen LogP contribution in [0.1, 0.15) is 24.4 Å². The van der Waals surface area contributed by atoms with Crippen molar-refractivity contribution < 1.29 is 17.6 Å². The Balaban J connectivity index is 2.06. The Bertz CT molecular complexity index is 357. The van der Waals surface area contributed by atoms with E-state index in [1.807, 2.05) is 0 Å². The van der Waals surface area contributed by atoms with Crippen molar-refractivity contribution in [2.45, 2.75) is 31.1 Å². The van der Waals surface area contributed by atoms with Gasteiger partial charge in [0.25, 0.3) is 0 Å². The van der Waals surface area contributed by atoms with Crippen LogP contribution in [0.2, 0.25) is 0 Å². The molecule has 0 aromatic heterocycles. The Labute approximate surface area is 90.5 Å². The molecular weight excluding hydrogens is 222 g/mol. The van der Waals surface area contributed by atoms with Crippen LogP contribution >= 0.6 is 0 Å². The van der Waals surface area contributed by atoms with Crippen molar-refractivity contribution in [1.82, 2.24) is 5.32 Å². The Kier molecular flexibility index (Phi) is 2.88. The number of benzene rings is 1. The molecule has 2 rings (SSSR count). The third-order valence-corrected chi connectivity index (χ3v) is 2.81. The van der Waals surface area contributed by atoms with E-state index in [2.05, 4.69) is 5.32 Å². The minimum Gasteiger partial charge on any atom is -0.299 e. The van der Waals surface area contributed by atoms with E-state index in [0.29, 0.717) is 12.0 Å². The molecule has 1 N–H and O–H groups in total. The second-order valence-electron chi connectivity index (χ2n) is 3.94. The van der Waals surface area contributed by atoms with Gasteiger partial charge in [-0.05, 0) is 30.5 Å². The Morgan fingerprint density at radius 2 is 1.69 bits per heavy atom. The van der Waals surface area contributed by atoms with E-state index in [1.54, 1.807) is 0 Å². The van der Waals surface area contributed by atoms with Crippen LogP contribution in [-0.4, -0.2) is 12.2 Å². The van der Waals surface area contributed by atoms with Crippen LogP contribution in [0, 0.1) is 5.82 Å². The largest absolute Gasteiger partial charge is 0.403 e. The summed E-state index contributed by atoms with van der Waals surface area (Å²) < 4.78 is 49.8. The van der Waals surface area contributed by atoms with Gasteiger partial charge in [-0.1, -0.05) is 12.1 Å². The van der Waals surface area contributed by atoms with E-state index >= 15 is 0 Å². The van der Waals surface area contributed by atoms with Crippen molar-refractivity contribution >= 4 is 0 Å². The third kappa shape index (κ3) is 2.35. The zero-order valence-electron chi connectivity index (χ0n) is 8.39. The standard InChI is InChI=1S/C11H11F4N/c12-8-3-1-7(2-4-8)9-5-6-10(16-9)11(13,14)15/h1-4,9-10,16H,5-6H2/t9-,10+/m0/s1. The molecule has 0 saturated carbocycles. The van der Waals surface area contributed by atoms with Crippen LogP contribution in [-0.2, 0) is 0 Å². The maximum absolute atomic E-state index is 12.6. The first kappa shape index (κ1) is 11.4. The summed E-state index contributed by atoms with van der Waals surface area (Å²) in [4.78, 5) is 0. The molecule has 0 amide bonds. The zero-order chi connectivity index (χ0) is 11.8. The summed E-state index contributed by atoms with van der Waals surface area (Å²) in [6.45, 7) is 0. The first-order valence-corrected chi connectivity index (χ1v) is 5.05. The van der Waals surface area contributed by atoms with Crippen molar-refractivity contribution in [3.8, 4) is 0 Å². The molecule has 1 saturated heterocycles. The molecule has 0 aliphatic carbocycles. The van der Waals surface area contributed by atoms with Crippen LogP contribution in [0.25, 0.3) is 0 Å². The fourth-order valence-corrected chi connectivity index (χ4v) is 1.96. The predicted octanol–water partition coefficient (Wildman–Crippen LogP) is 3.18. The number of nitrogens with one attached hydrogen (secondary N) is 1. The molecule has 1 aromatic carbocycles. The van der Waals surface area contributed by atoms with E-state index in [9.17, 15) is 17.6 Å². The fraction of sp³-hybridized carbons (Fsp3) is 0.455. The lowest BCUT2D eigenvalue weighted by Gasteiger charge is -2.17. The fourth-order valence-electron chi connectivity index (χ4n) is 1.96. The van der Waals surface area contributed by atoms with Crippen molar-refractivity contribution in [2.24, 2.45) is 0 Å². The smallest absolute Gasteiger partial charge is 0.299 e. The summed E-state index contributed by atoms with van der Waals surface area (Å²) in [7, 11) is 0. The van der Waals surface area contributed by atoms with Gasteiger partial charge < -0.3 is 0 Å². The average Bonchev–Trinajstić information content (AvgIpc) is 2.67. The first-order chi connectivity index (χ1) is 7.47. The highest BCUT2D eigenvalue weighted by Gasteiger charge is 2.43. The molecule has 1 aliphatic rings. The molecule has 16 heavy (non-hydrogen) atoms. The summed E-state index contributed by atoms with van der Waals surface area (Å²) in [6, 6.07) is 3.79. The maximum atomic E-state index is 12.6. The molecule has 88 valence electrons. The van der Waals surface area contributed by atoms with Crippen LogP contribution in [0.15, 0.2) is 24.3 Å². The van der Waals surface area contributed by atoms with E-state index in [1.165, 1.54) is 24.3 Å². The van der Waals surface area contributed by atoms with Gasteiger partial charge in [-0.2, -0.15) is 13.2 Å². The molecule has 0 bridgehead atoms. The number of halogens is 4. The third-order valence-electron chi connectivity index (χ3n) is 2.81. The van der Waals surface area contributed by atoms with Gasteiger partial charge in [0.2, 0.25) is 0 Å². The molecule has 1 aliphatic heterocycles. The van der Waals surface area contributed by atoms with E-state index in [4.69, 9.17) is 0 Å². The first-order valence-electron chi connectivity index (χ1n) is 5.05. The van der Waals surface area contributed by atoms with Crippen molar-refractivity contribution in [3.63, 3.8) is 0 Å². The minimum atomic E-state index is -4.20. The van der Waals surface area contributed by atoms with Gasteiger partial charge in [-0.25, -0.2) is 4.39 Å². The predicted molar refractivity (Wildman–Crippen MR) is 51.4 cm³/mol. The normalized spacial score (nSPS) is 26.0. The molecular formula is C11H11F4N. The van der Waals surface area contributed by atoms with Gasteiger partial charge in [0.05, 0.1) is 0 Å². The Morgan fingerprint density at radius 3 is 2.19 bits per heavy atom. The van der Waals surface area contributed by atoms with E-state index in [-0.39, 0.29) is 18.3 Å². The number of hydrogen-bond donors (Lipinski definition) is 1. The van der Waals surface area contributed by atoms with E-state index in [0.717, 1.165) is 0 Å². The number of rotatable bonds is 1. The highest BCUT2D eigenvalue weighted by Crippen LogP contribution is 2.34. The quantitative estimate of drug-likeness (QED) is 0.734. The van der Waals surface area contributed by atoms with Crippen LogP contribution in [0.5, 0.6) is 0 Å². The zero-order valence-corrected chi connectivity index (χ0v) is 8.39. The minimum absolute atomic E-state index is 0.0749. The van der Waals surface area contributed by atoms with Crippen LogP contribution < -0.4 is 5.32 Å². The molecule has 0 spiro atoms. The number of alkyl halides is 3. The van der Waals surface area contributed by atoms with Crippen molar-refractivity contribution in [3.05, 3.63) is 35.6 Å². The van der Waals surface area contributed by atoms with Crippen LogP contribution in [0.4, 0.5) is 17.6 Å². The summed E-state index contributed by atoms with van der Waals surface area (Å²) in [5.41, 5.74) is 0.702. The van der Waals surface area contributed by atoms with Crippen molar-refractivity contribution in [2.75, 3.05) is 0 Å². The monoisotopic (exact) mass is 233 g/mol. The van der Waals surface area contributed by atoms with Gasteiger partial charge >= 0.3 is 6.18 Å². The van der Waals surface area contributed by atoms with E-state index < -0.39 is 12.2 Å². The van der Waals surface area contributed by atoms with Crippen molar-refractivity contribution in [1.29, 1.82) is 0 Å². The second kappa shape index (κ2) is 4.05. The van der Waals surface area contributed by atoms with Gasteiger partial charge in [0.1, 0.15) is 11.9 Å². The average molecular weight is 233 g/mol. The highest BCUT2D eigenvalue weighted by molar-refractivity contribution is 5.21. The Hall–Kier alpha value is -1.10. The molecule has 0 radical (unpaired) electrons. The Morgan fingerprint density at radius 1 is 1.06 bits per heavy atom. The topological polar surface area (TPSA) is 12.0 Å². The molecule has 1 aromatic rings. The lowest BCUT2D eigenvalue weighted by molar-refractivity contribution is -0.152. The number of hydrogen-bond acceptors (Lipinski definition) is 1. The van der Waals surface area contributed by atoms with Crippen LogP contribution in [0.3, 0.4) is 0 Å². The summed E-state index contributed by atoms with van der Waals surface area (Å²) in [5, 5.41) is 2.52. The van der Waals surface area contributed by atoms with Gasteiger partial charge in [0.15, 0.2) is 0 Å². The molecule has 1 heterocycles. The lowest BCUT2D eigenvalue weighted by atomic mass is 10.1.